The van der Waals surface area contributed by atoms with E-state index in [1.54, 1.807) is 0 Å². The predicted molar refractivity (Wildman–Crippen MR) is 58.9 cm³/mol. The van der Waals surface area contributed by atoms with Gasteiger partial charge < -0.3 is 5.73 Å². The molecule has 0 radical (unpaired) electrons. The highest BCUT2D eigenvalue weighted by Gasteiger charge is 1.99. The summed E-state index contributed by atoms with van der Waals surface area (Å²) in [5.74, 6) is 0. The molecule has 0 aromatic heterocycles. The summed E-state index contributed by atoms with van der Waals surface area (Å²) in [5.41, 5.74) is 8.77. The van der Waals surface area contributed by atoms with E-state index in [1.807, 2.05) is 19.1 Å². The number of hydrogen-bond donors (Lipinski definition) is 1. The van der Waals surface area contributed by atoms with Crippen molar-refractivity contribution in [3.8, 4) is 0 Å². The summed E-state index contributed by atoms with van der Waals surface area (Å²) in [7, 11) is 0. The van der Waals surface area contributed by atoms with E-state index in [0.29, 0.717) is 6.54 Å². The lowest BCUT2D eigenvalue weighted by atomic mass is 10.0. The SMILES string of the molecule is C=C(C)c1cc(Cl)cc(CCN)c1. The van der Waals surface area contributed by atoms with Gasteiger partial charge in [-0.3, -0.25) is 0 Å². The van der Waals surface area contributed by atoms with Gasteiger partial charge in [-0.25, -0.2) is 0 Å². The normalized spacial score (nSPS) is 10.1. The van der Waals surface area contributed by atoms with Gasteiger partial charge in [0, 0.05) is 5.02 Å². The third-order valence-corrected chi connectivity index (χ3v) is 2.10. The lowest BCUT2D eigenvalue weighted by Gasteiger charge is -2.05. The fourth-order valence-corrected chi connectivity index (χ4v) is 1.47. The molecule has 1 aromatic rings. The zero-order valence-electron chi connectivity index (χ0n) is 7.81. The molecule has 0 amide bonds. The predicted octanol–water partition coefficient (Wildman–Crippen LogP) is 2.87. The minimum Gasteiger partial charge on any atom is -0.330 e. The zero-order chi connectivity index (χ0) is 9.84. The largest absolute Gasteiger partial charge is 0.330 e. The Balaban J connectivity index is 3.03. The number of hydrogen-bond acceptors (Lipinski definition) is 1. The molecule has 13 heavy (non-hydrogen) atoms. The lowest BCUT2D eigenvalue weighted by Crippen LogP contribution is -2.02. The van der Waals surface area contributed by atoms with E-state index in [0.717, 1.165) is 22.6 Å². The summed E-state index contributed by atoms with van der Waals surface area (Å²) < 4.78 is 0. The molecule has 1 nitrogen and oxygen atoms in total. The molecule has 0 heterocycles. The molecule has 0 aliphatic rings. The molecule has 70 valence electrons. The Morgan fingerprint density at radius 1 is 1.46 bits per heavy atom. The first-order valence-corrected chi connectivity index (χ1v) is 4.66. The van der Waals surface area contributed by atoms with Gasteiger partial charge in [0.15, 0.2) is 0 Å². The van der Waals surface area contributed by atoms with Gasteiger partial charge in [-0.15, -0.1) is 0 Å². The van der Waals surface area contributed by atoms with Crippen molar-refractivity contribution in [3.05, 3.63) is 40.9 Å². The fraction of sp³-hybridized carbons (Fsp3) is 0.273. The van der Waals surface area contributed by atoms with Gasteiger partial charge in [0.1, 0.15) is 0 Å². The van der Waals surface area contributed by atoms with Crippen molar-refractivity contribution in [2.24, 2.45) is 5.73 Å². The topological polar surface area (TPSA) is 26.0 Å². The Morgan fingerprint density at radius 2 is 2.15 bits per heavy atom. The molecule has 0 spiro atoms. The van der Waals surface area contributed by atoms with Gasteiger partial charge >= 0.3 is 0 Å². The summed E-state index contributed by atoms with van der Waals surface area (Å²) in [4.78, 5) is 0. The average Bonchev–Trinajstić information content (AvgIpc) is 2.03. The van der Waals surface area contributed by atoms with Gasteiger partial charge in [0.2, 0.25) is 0 Å². The van der Waals surface area contributed by atoms with Crippen molar-refractivity contribution in [2.45, 2.75) is 13.3 Å². The van der Waals surface area contributed by atoms with Crippen LogP contribution in [0.2, 0.25) is 5.02 Å². The van der Waals surface area contributed by atoms with Crippen molar-refractivity contribution in [2.75, 3.05) is 6.54 Å². The molecular formula is C11H14ClN. The molecule has 0 atom stereocenters. The maximum Gasteiger partial charge on any atom is 0.0414 e. The Bertz CT molecular complexity index is 318. The third kappa shape index (κ3) is 2.87. The van der Waals surface area contributed by atoms with Crippen LogP contribution in [0.25, 0.3) is 5.57 Å². The van der Waals surface area contributed by atoms with Gasteiger partial charge in [0.25, 0.3) is 0 Å². The maximum atomic E-state index is 5.95. The van der Waals surface area contributed by atoms with E-state index in [2.05, 4.69) is 12.6 Å². The Kier molecular flexibility index (Phi) is 3.52. The van der Waals surface area contributed by atoms with Gasteiger partial charge in [-0.05, 0) is 43.1 Å². The zero-order valence-corrected chi connectivity index (χ0v) is 8.56. The number of benzene rings is 1. The van der Waals surface area contributed by atoms with Crippen molar-refractivity contribution in [1.29, 1.82) is 0 Å². The van der Waals surface area contributed by atoms with Crippen LogP contribution in [-0.2, 0) is 6.42 Å². The van der Waals surface area contributed by atoms with E-state index in [-0.39, 0.29) is 0 Å². The minimum absolute atomic E-state index is 0.649. The standard InChI is InChI=1S/C11H14ClN/c1-8(2)10-5-9(3-4-13)6-11(12)7-10/h5-7H,1,3-4,13H2,2H3. The van der Waals surface area contributed by atoms with E-state index in [4.69, 9.17) is 17.3 Å². The molecule has 0 bridgehead atoms. The molecule has 2 N–H and O–H groups in total. The van der Waals surface area contributed by atoms with Crippen molar-refractivity contribution >= 4 is 17.2 Å². The minimum atomic E-state index is 0.649. The average molecular weight is 196 g/mol. The second kappa shape index (κ2) is 4.45. The van der Waals surface area contributed by atoms with Crippen LogP contribution in [0.5, 0.6) is 0 Å². The molecule has 0 saturated carbocycles. The van der Waals surface area contributed by atoms with Crippen LogP contribution < -0.4 is 5.73 Å². The fourth-order valence-electron chi connectivity index (χ4n) is 1.21. The van der Waals surface area contributed by atoms with Crippen molar-refractivity contribution in [1.82, 2.24) is 0 Å². The number of rotatable bonds is 3. The van der Waals surface area contributed by atoms with Crippen LogP contribution in [0.15, 0.2) is 24.8 Å². The van der Waals surface area contributed by atoms with Crippen LogP contribution in [0.1, 0.15) is 18.1 Å². The molecule has 0 aliphatic heterocycles. The second-order valence-corrected chi connectivity index (χ2v) is 3.60. The molecule has 1 aromatic carbocycles. The summed E-state index contributed by atoms with van der Waals surface area (Å²) in [6, 6.07) is 5.95. The molecule has 0 fully saturated rings. The first kappa shape index (κ1) is 10.3. The number of allylic oxidation sites excluding steroid dienone is 1. The second-order valence-electron chi connectivity index (χ2n) is 3.17. The Hall–Kier alpha value is -0.790. The third-order valence-electron chi connectivity index (χ3n) is 1.88. The molecule has 0 saturated heterocycles. The monoisotopic (exact) mass is 195 g/mol. The lowest BCUT2D eigenvalue weighted by molar-refractivity contribution is 0.968. The van der Waals surface area contributed by atoms with E-state index >= 15 is 0 Å². The number of nitrogens with two attached hydrogens (primary N) is 1. The number of halogens is 1. The van der Waals surface area contributed by atoms with Gasteiger partial charge in [-0.2, -0.15) is 0 Å². The van der Waals surface area contributed by atoms with Crippen LogP contribution >= 0.6 is 11.6 Å². The molecule has 2 heteroatoms. The van der Waals surface area contributed by atoms with Crippen LogP contribution in [0.4, 0.5) is 0 Å². The van der Waals surface area contributed by atoms with Gasteiger partial charge in [-0.1, -0.05) is 29.8 Å². The van der Waals surface area contributed by atoms with E-state index in [9.17, 15) is 0 Å². The summed E-state index contributed by atoms with van der Waals surface area (Å²) >= 11 is 5.95. The molecular weight excluding hydrogens is 182 g/mol. The Labute approximate surface area is 84.2 Å². The smallest absolute Gasteiger partial charge is 0.0414 e. The van der Waals surface area contributed by atoms with Crippen LogP contribution in [0.3, 0.4) is 0 Å². The highest BCUT2D eigenvalue weighted by Crippen LogP contribution is 2.20. The quantitative estimate of drug-likeness (QED) is 0.789. The van der Waals surface area contributed by atoms with E-state index in [1.165, 1.54) is 5.56 Å². The van der Waals surface area contributed by atoms with Crippen molar-refractivity contribution in [3.63, 3.8) is 0 Å². The summed E-state index contributed by atoms with van der Waals surface area (Å²) in [6.07, 6.45) is 0.862. The van der Waals surface area contributed by atoms with Crippen molar-refractivity contribution < 1.29 is 0 Å². The first-order chi connectivity index (χ1) is 6.13. The first-order valence-electron chi connectivity index (χ1n) is 4.29. The highest BCUT2D eigenvalue weighted by molar-refractivity contribution is 6.30. The van der Waals surface area contributed by atoms with Gasteiger partial charge in [0.05, 0.1) is 0 Å². The molecule has 0 aliphatic carbocycles. The molecule has 1 rings (SSSR count). The van der Waals surface area contributed by atoms with Crippen LogP contribution in [-0.4, -0.2) is 6.54 Å². The Morgan fingerprint density at radius 3 is 2.69 bits per heavy atom. The maximum absolute atomic E-state index is 5.95. The summed E-state index contributed by atoms with van der Waals surface area (Å²) in [5, 5.41) is 0.754. The summed E-state index contributed by atoms with van der Waals surface area (Å²) in [6.45, 7) is 6.50. The highest BCUT2D eigenvalue weighted by atomic mass is 35.5. The van der Waals surface area contributed by atoms with E-state index < -0.39 is 0 Å². The van der Waals surface area contributed by atoms with Crippen LogP contribution in [0, 0.1) is 0 Å². The molecule has 0 unspecified atom stereocenters.